The fraction of sp³-hybridized carbons (Fsp3) is 0.455. The molecule has 3 heteroatoms. The lowest BCUT2D eigenvalue weighted by molar-refractivity contribution is 0.352. The molecule has 0 amide bonds. The van der Waals surface area contributed by atoms with Gasteiger partial charge in [0.2, 0.25) is 0 Å². The van der Waals surface area contributed by atoms with Gasteiger partial charge < -0.3 is 10.6 Å². The van der Waals surface area contributed by atoms with E-state index in [-0.39, 0.29) is 0 Å². The van der Waals surface area contributed by atoms with E-state index in [9.17, 15) is 0 Å². The van der Waals surface area contributed by atoms with Crippen molar-refractivity contribution in [2.45, 2.75) is 12.8 Å². The summed E-state index contributed by atoms with van der Waals surface area (Å²) in [5.41, 5.74) is 9.33. The van der Waals surface area contributed by atoms with Crippen LogP contribution in [0.25, 0.3) is 0 Å². The molecule has 1 heterocycles. The zero-order valence-electron chi connectivity index (χ0n) is 8.39. The maximum absolute atomic E-state index is 6.16. The van der Waals surface area contributed by atoms with Crippen LogP contribution in [0, 0.1) is 0 Å². The number of hydrogen-bond donors (Lipinski definition) is 1. The lowest BCUT2D eigenvalue weighted by atomic mass is 10.0. The number of hydrogen-bond acceptors (Lipinski definition) is 2. The van der Waals surface area contributed by atoms with Gasteiger partial charge in [0, 0.05) is 23.8 Å². The van der Waals surface area contributed by atoms with E-state index >= 15 is 0 Å². The van der Waals surface area contributed by atoms with Crippen molar-refractivity contribution in [2.75, 3.05) is 25.9 Å². The molecule has 1 aliphatic rings. The molecule has 14 heavy (non-hydrogen) atoms. The molecular formula is C11H15ClN2. The summed E-state index contributed by atoms with van der Waals surface area (Å²) in [6, 6.07) is 3.81. The van der Waals surface area contributed by atoms with Crippen molar-refractivity contribution in [1.29, 1.82) is 0 Å². The Morgan fingerprint density at radius 1 is 1.21 bits per heavy atom. The summed E-state index contributed by atoms with van der Waals surface area (Å²) in [4.78, 5) is 2.32. The van der Waals surface area contributed by atoms with Crippen molar-refractivity contribution in [3.8, 4) is 0 Å². The lowest BCUT2D eigenvalue weighted by Crippen LogP contribution is -2.20. The standard InChI is InChI=1S/C11H15ClN2/c1-14-6-4-8-9(5-7-14)11(13)3-2-10(8)12/h2-3H,4-7,13H2,1H3. The van der Waals surface area contributed by atoms with Gasteiger partial charge in [-0.2, -0.15) is 0 Å². The Morgan fingerprint density at radius 3 is 2.57 bits per heavy atom. The normalized spacial score (nSPS) is 17.6. The highest BCUT2D eigenvalue weighted by Gasteiger charge is 2.15. The number of halogens is 1. The Balaban J connectivity index is 2.44. The van der Waals surface area contributed by atoms with Gasteiger partial charge in [-0.3, -0.25) is 0 Å². The van der Waals surface area contributed by atoms with Gasteiger partial charge in [0.15, 0.2) is 0 Å². The summed E-state index contributed by atoms with van der Waals surface area (Å²) in [5, 5.41) is 0.865. The van der Waals surface area contributed by atoms with Crippen molar-refractivity contribution in [1.82, 2.24) is 4.90 Å². The van der Waals surface area contributed by atoms with Crippen LogP contribution in [0.2, 0.25) is 5.02 Å². The predicted octanol–water partition coefficient (Wildman–Crippen LogP) is 1.95. The van der Waals surface area contributed by atoms with Gasteiger partial charge in [0.25, 0.3) is 0 Å². The van der Waals surface area contributed by atoms with E-state index in [0.29, 0.717) is 0 Å². The van der Waals surface area contributed by atoms with Crippen LogP contribution in [-0.4, -0.2) is 25.0 Å². The van der Waals surface area contributed by atoms with Gasteiger partial charge in [0.05, 0.1) is 0 Å². The summed E-state index contributed by atoms with van der Waals surface area (Å²) in [6.07, 6.45) is 2.02. The van der Waals surface area contributed by atoms with Crippen LogP contribution in [0.15, 0.2) is 12.1 Å². The molecule has 2 nitrogen and oxygen atoms in total. The SMILES string of the molecule is CN1CCc2c(N)ccc(Cl)c2CC1. The van der Waals surface area contributed by atoms with Crippen LogP contribution < -0.4 is 5.73 Å². The first-order chi connectivity index (χ1) is 6.68. The number of rotatable bonds is 0. The minimum absolute atomic E-state index is 0.865. The second kappa shape index (κ2) is 3.79. The monoisotopic (exact) mass is 210 g/mol. The van der Waals surface area contributed by atoms with Crippen molar-refractivity contribution in [3.05, 3.63) is 28.3 Å². The van der Waals surface area contributed by atoms with Crippen LogP contribution in [0.4, 0.5) is 5.69 Å². The Kier molecular flexibility index (Phi) is 2.66. The molecule has 0 aromatic heterocycles. The fourth-order valence-corrected chi connectivity index (χ4v) is 2.24. The Hall–Kier alpha value is -0.730. The van der Waals surface area contributed by atoms with Crippen LogP contribution in [0.1, 0.15) is 11.1 Å². The van der Waals surface area contributed by atoms with Crippen LogP contribution in [0.3, 0.4) is 0 Å². The van der Waals surface area contributed by atoms with Crippen molar-refractivity contribution < 1.29 is 0 Å². The van der Waals surface area contributed by atoms with E-state index < -0.39 is 0 Å². The molecule has 0 unspecified atom stereocenters. The molecule has 0 atom stereocenters. The third-order valence-electron chi connectivity index (χ3n) is 2.90. The number of anilines is 1. The lowest BCUT2D eigenvalue weighted by Gasteiger charge is -2.11. The van der Waals surface area contributed by atoms with Crippen LogP contribution in [0.5, 0.6) is 0 Å². The third-order valence-corrected chi connectivity index (χ3v) is 3.25. The van der Waals surface area contributed by atoms with Crippen molar-refractivity contribution in [2.24, 2.45) is 0 Å². The van der Waals surface area contributed by atoms with Crippen LogP contribution >= 0.6 is 11.6 Å². The Labute approximate surface area is 89.7 Å². The van der Waals surface area contributed by atoms with E-state index in [1.165, 1.54) is 11.1 Å². The van der Waals surface area contributed by atoms with E-state index in [1.807, 2.05) is 12.1 Å². The molecule has 0 radical (unpaired) electrons. The van der Waals surface area contributed by atoms with Gasteiger partial charge in [-0.15, -0.1) is 0 Å². The first-order valence-electron chi connectivity index (χ1n) is 4.93. The molecule has 0 spiro atoms. The number of nitrogen functional groups attached to an aromatic ring is 1. The molecule has 0 aliphatic carbocycles. The number of nitrogens with two attached hydrogens (primary N) is 1. The maximum Gasteiger partial charge on any atom is 0.0442 e. The quantitative estimate of drug-likeness (QED) is 0.664. The van der Waals surface area contributed by atoms with E-state index in [4.69, 9.17) is 17.3 Å². The molecule has 76 valence electrons. The minimum Gasteiger partial charge on any atom is -0.398 e. The summed E-state index contributed by atoms with van der Waals surface area (Å²) < 4.78 is 0. The van der Waals surface area contributed by atoms with E-state index in [1.54, 1.807) is 0 Å². The van der Waals surface area contributed by atoms with E-state index in [2.05, 4.69) is 11.9 Å². The molecule has 2 N–H and O–H groups in total. The first-order valence-corrected chi connectivity index (χ1v) is 5.30. The van der Waals surface area contributed by atoms with Gasteiger partial charge >= 0.3 is 0 Å². The maximum atomic E-state index is 6.16. The summed E-state index contributed by atoms with van der Waals surface area (Å²) in [7, 11) is 2.13. The van der Waals surface area contributed by atoms with Gasteiger partial charge in [-0.1, -0.05) is 11.6 Å². The molecule has 1 aromatic rings. The molecule has 1 aromatic carbocycles. The third kappa shape index (κ3) is 1.72. The highest BCUT2D eigenvalue weighted by Crippen LogP contribution is 2.28. The van der Waals surface area contributed by atoms with Gasteiger partial charge in [-0.05, 0) is 43.1 Å². The number of likely N-dealkylation sites (N-methyl/N-ethyl adjacent to an activating group) is 1. The molecule has 0 bridgehead atoms. The summed E-state index contributed by atoms with van der Waals surface area (Å²) in [6.45, 7) is 2.13. The highest BCUT2D eigenvalue weighted by atomic mass is 35.5. The van der Waals surface area contributed by atoms with Crippen LogP contribution in [-0.2, 0) is 12.8 Å². The fourth-order valence-electron chi connectivity index (χ4n) is 1.97. The predicted molar refractivity (Wildman–Crippen MR) is 60.8 cm³/mol. The number of benzene rings is 1. The molecular weight excluding hydrogens is 196 g/mol. The second-order valence-electron chi connectivity index (χ2n) is 3.90. The minimum atomic E-state index is 0.865. The Morgan fingerprint density at radius 2 is 1.86 bits per heavy atom. The zero-order valence-corrected chi connectivity index (χ0v) is 9.14. The number of nitrogens with zero attached hydrogens (tertiary/aromatic N) is 1. The first kappa shape index (κ1) is 9.81. The van der Waals surface area contributed by atoms with E-state index in [0.717, 1.165) is 36.6 Å². The number of fused-ring (bicyclic) bond motifs is 1. The molecule has 1 aliphatic heterocycles. The molecule has 2 rings (SSSR count). The average Bonchev–Trinajstić information content (AvgIpc) is 2.35. The highest BCUT2D eigenvalue weighted by molar-refractivity contribution is 6.31. The topological polar surface area (TPSA) is 29.3 Å². The van der Waals surface area contributed by atoms with Crippen molar-refractivity contribution in [3.63, 3.8) is 0 Å². The van der Waals surface area contributed by atoms with Crippen molar-refractivity contribution >= 4 is 17.3 Å². The Bertz CT molecular complexity index is 316. The van der Waals surface area contributed by atoms with Gasteiger partial charge in [-0.25, -0.2) is 0 Å². The average molecular weight is 211 g/mol. The molecule has 0 fully saturated rings. The molecule has 0 saturated heterocycles. The molecule has 0 saturated carbocycles. The zero-order chi connectivity index (χ0) is 10.1. The summed E-state index contributed by atoms with van der Waals surface area (Å²) in [5.74, 6) is 0. The van der Waals surface area contributed by atoms with Gasteiger partial charge in [0.1, 0.15) is 0 Å². The summed E-state index contributed by atoms with van der Waals surface area (Å²) >= 11 is 6.16. The second-order valence-corrected chi connectivity index (χ2v) is 4.30. The largest absolute Gasteiger partial charge is 0.398 e. The smallest absolute Gasteiger partial charge is 0.0442 e.